The zero-order chi connectivity index (χ0) is 15.0. The largest absolute Gasteiger partial charge is 0.535 e. The minimum atomic E-state index is -0.829. The Morgan fingerprint density at radius 1 is 1.20 bits per heavy atom. The number of carbonyl (C=O) groups is 2. The van der Waals surface area contributed by atoms with Crippen LogP contribution >= 0.6 is 0 Å². The van der Waals surface area contributed by atoms with Crippen LogP contribution in [-0.2, 0) is 16.0 Å². The third-order valence-corrected chi connectivity index (χ3v) is 2.62. The third kappa shape index (κ3) is 4.84. The fourth-order valence-corrected chi connectivity index (χ4v) is 1.70. The maximum atomic E-state index is 11.8. The van der Waals surface area contributed by atoms with Crippen molar-refractivity contribution in [2.24, 2.45) is 5.16 Å². The summed E-state index contributed by atoms with van der Waals surface area (Å²) in [6.07, 6.45) is 0.0678. The second-order valence-electron chi connectivity index (χ2n) is 4.21. The van der Waals surface area contributed by atoms with Crippen LogP contribution in [0.15, 0.2) is 29.4 Å². The van der Waals surface area contributed by atoms with Crippen molar-refractivity contribution in [3.05, 3.63) is 35.4 Å². The molecule has 0 bridgehead atoms. The third-order valence-electron chi connectivity index (χ3n) is 2.62. The summed E-state index contributed by atoms with van der Waals surface area (Å²) >= 11 is 0. The van der Waals surface area contributed by atoms with E-state index in [9.17, 15) is 9.59 Å². The molecule has 0 heterocycles. The van der Waals surface area contributed by atoms with Gasteiger partial charge in [-0.15, -0.1) is 0 Å². The highest BCUT2D eigenvalue weighted by atomic mass is 16.8. The highest BCUT2D eigenvalue weighted by Crippen LogP contribution is 2.12. The molecule has 0 spiro atoms. The standard InChI is InChI=1S/C15H19NO4/c1-4-14(17)13-9-7-6-8-12(13)10-11(3)16-20-15(18)19-5-2/h6-9H,4-5,10H2,1-3H3. The van der Waals surface area contributed by atoms with Crippen molar-refractivity contribution in [3.63, 3.8) is 0 Å². The Hall–Kier alpha value is -2.17. The normalized spacial score (nSPS) is 11.1. The van der Waals surface area contributed by atoms with Crippen molar-refractivity contribution in [2.75, 3.05) is 6.61 Å². The van der Waals surface area contributed by atoms with Crippen LogP contribution in [-0.4, -0.2) is 24.3 Å². The number of hydrogen-bond donors (Lipinski definition) is 0. The molecule has 0 aliphatic rings. The average molecular weight is 277 g/mol. The smallest absolute Gasteiger partial charge is 0.433 e. The molecule has 5 nitrogen and oxygen atoms in total. The molecule has 0 atom stereocenters. The molecule has 0 aliphatic heterocycles. The zero-order valence-corrected chi connectivity index (χ0v) is 12.0. The summed E-state index contributed by atoms with van der Waals surface area (Å²) in [6.45, 7) is 5.47. The van der Waals surface area contributed by atoms with E-state index in [0.717, 1.165) is 5.56 Å². The van der Waals surface area contributed by atoms with Crippen molar-refractivity contribution in [1.29, 1.82) is 0 Å². The number of benzene rings is 1. The zero-order valence-electron chi connectivity index (χ0n) is 12.0. The van der Waals surface area contributed by atoms with E-state index in [4.69, 9.17) is 0 Å². The lowest BCUT2D eigenvalue weighted by atomic mass is 9.98. The first-order valence-electron chi connectivity index (χ1n) is 6.56. The molecule has 0 radical (unpaired) electrons. The van der Waals surface area contributed by atoms with Gasteiger partial charge in [0.1, 0.15) is 0 Å². The van der Waals surface area contributed by atoms with E-state index >= 15 is 0 Å². The summed E-state index contributed by atoms with van der Waals surface area (Å²) in [5.41, 5.74) is 2.14. The van der Waals surface area contributed by atoms with E-state index in [1.807, 2.05) is 25.1 Å². The van der Waals surface area contributed by atoms with Crippen LogP contribution in [0.5, 0.6) is 0 Å². The van der Waals surface area contributed by atoms with Gasteiger partial charge in [-0.05, 0) is 19.4 Å². The molecule has 0 aromatic heterocycles. The lowest BCUT2D eigenvalue weighted by Gasteiger charge is -2.07. The van der Waals surface area contributed by atoms with Gasteiger partial charge < -0.3 is 4.74 Å². The number of hydrogen-bond acceptors (Lipinski definition) is 5. The SMILES string of the molecule is CCOC(=O)ON=C(C)Cc1ccccc1C(=O)CC. The first kappa shape index (κ1) is 15.9. The van der Waals surface area contributed by atoms with E-state index in [-0.39, 0.29) is 12.4 Å². The van der Waals surface area contributed by atoms with Gasteiger partial charge in [0.15, 0.2) is 5.78 Å². The Labute approximate surface area is 118 Å². The van der Waals surface area contributed by atoms with Crippen molar-refractivity contribution in [3.8, 4) is 0 Å². The van der Waals surface area contributed by atoms with Crippen molar-refractivity contribution >= 4 is 17.7 Å². The summed E-state index contributed by atoms with van der Waals surface area (Å²) in [6, 6.07) is 7.35. The van der Waals surface area contributed by atoms with Gasteiger partial charge in [-0.3, -0.25) is 9.63 Å². The van der Waals surface area contributed by atoms with Gasteiger partial charge in [-0.1, -0.05) is 36.3 Å². The van der Waals surface area contributed by atoms with Crippen LogP contribution in [0.25, 0.3) is 0 Å². The van der Waals surface area contributed by atoms with Crippen LogP contribution in [0.3, 0.4) is 0 Å². The quantitative estimate of drug-likeness (QED) is 0.263. The number of rotatable bonds is 6. The number of carbonyl (C=O) groups excluding carboxylic acids is 2. The minimum absolute atomic E-state index is 0.0831. The lowest BCUT2D eigenvalue weighted by Crippen LogP contribution is -2.09. The number of ether oxygens (including phenoxy) is 1. The fraction of sp³-hybridized carbons (Fsp3) is 0.400. The van der Waals surface area contributed by atoms with E-state index < -0.39 is 6.16 Å². The summed E-state index contributed by atoms with van der Waals surface area (Å²) < 4.78 is 4.60. The molecule has 1 aromatic rings. The molecule has 0 unspecified atom stereocenters. The first-order valence-corrected chi connectivity index (χ1v) is 6.56. The maximum absolute atomic E-state index is 11.8. The van der Waals surface area contributed by atoms with Gasteiger partial charge in [0, 0.05) is 18.4 Å². The molecule has 0 saturated carbocycles. The topological polar surface area (TPSA) is 65.0 Å². The number of nitrogens with zero attached hydrogens (tertiary/aromatic N) is 1. The Morgan fingerprint density at radius 2 is 1.90 bits per heavy atom. The number of oxime groups is 1. The predicted octanol–water partition coefficient (Wildman–Crippen LogP) is 3.37. The first-order chi connectivity index (χ1) is 9.58. The molecule has 20 heavy (non-hydrogen) atoms. The summed E-state index contributed by atoms with van der Waals surface area (Å²) in [7, 11) is 0. The Balaban J connectivity index is 2.75. The number of ketones is 1. The van der Waals surface area contributed by atoms with Gasteiger partial charge in [0.25, 0.3) is 0 Å². The van der Waals surface area contributed by atoms with Crippen LogP contribution in [0, 0.1) is 0 Å². The van der Waals surface area contributed by atoms with Gasteiger partial charge in [-0.25, -0.2) is 4.79 Å². The lowest BCUT2D eigenvalue weighted by molar-refractivity contribution is 0.0611. The van der Waals surface area contributed by atoms with Crippen LogP contribution in [0.1, 0.15) is 43.1 Å². The molecule has 0 N–H and O–H groups in total. The minimum Gasteiger partial charge on any atom is -0.433 e. The van der Waals surface area contributed by atoms with Crippen molar-refractivity contribution in [1.82, 2.24) is 0 Å². The van der Waals surface area contributed by atoms with E-state index in [1.165, 1.54) is 0 Å². The molecule has 0 amide bonds. The van der Waals surface area contributed by atoms with Gasteiger partial charge in [0.05, 0.1) is 12.3 Å². The maximum Gasteiger partial charge on any atom is 0.535 e. The highest BCUT2D eigenvalue weighted by Gasteiger charge is 2.10. The molecule has 0 fully saturated rings. The summed E-state index contributed by atoms with van der Waals surface area (Å²) in [5, 5.41) is 3.70. The monoisotopic (exact) mass is 277 g/mol. The Kier molecular flexibility index (Phi) is 6.43. The van der Waals surface area contributed by atoms with E-state index in [0.29, 0.717) is 24.1 Å². The second-order valence-corrected chi connectivity index (χ2v) is 4.21. The van der Waals surface area contributed by atoms with Gasteiger partial charge in [-0.2, -0.15) is 0 Å². The second kappa shape index (κ2) is 8.09. The molecule has 108 valence electrons. The predicted molar refractivity (Wildman–Crippen MR) is 76.0 cm³/mol. The van der Waals surface area contributed by atoms with E-state index in [1.54, 1.807) is 19.9 Å². The highest BCUT2D eigenvalue weighted by molar-refractivity contribution is 5.98. The fourth-order valence-electron chi connectivity index (χ4n) is 1.70. The summed E-state index contributed by atoms with van der Waals surface area (Å²) in [4.78, 5) is 27.4. The van der Waals surface area contributed by atoms with Crippen molar-refractivity contribution < 1.29 is 19.2 Å². The van der Waals surface area contributed by atoms with Gasteiger partial charge in [0.2, 0.25) is 0 Å². The molecular weight excluding hydrogens is 258 g/mol. The molecule has 5 heteroatoms. The van der Waals surface area contributed by atoms with Crippen LogP contribution < -0.4 is 0 Å². The van der Waals surface area contributed by atoms with Crippen molar-refractivity contribution in [2.45, 2.75) is 33.6 Å². The average Bonchev–Trinajstić information content (AvgIpc) is 2.45. The summed E-state index contributed by atoms with van der Waals surface area (Å²) in [5.74, 6) is 0.0831. The van der Waals surface area contributed by atoms with E-state index in [2.05, 4.69) is 14.7 Å². The Morgan fingerprint density at radius 3 is 2.55 bits per heavy atom. The Bertz CT molecular complexity index is 508. The number of Topliss-reactive ketones (excluding diaryl/α,β-unsaturated/α-hetero) is 1. The molecule has 0 aliphatic carbocycles. The molecule has 1 aromatic carbocycles. The molecule has 1 rings (SSSR count). The van der Waals surface area contributed by atoms with Crippen LogP contribution in [0.2, 0.25) is 0 Å². The van der Waals surface area contributed by atoms with Crippen LogP contribution in [0.4, 0.5) is 4.79 Å². The van der Waals surface area contributed by atoms with Gasteiger partial charge >= 0.3 is 6.16 Å². The molecular formula is C15H19NO4. The molecule has 0 saturated heterocycles.